The highest BCUT2D eigenvalue weighted by Crippen LogP contribution is 2.30. The van der Waals surface area contributed by atoms with Gasteiger partial charge in [0.2, 0.25) is 5.91 Å². The van der Waals surface area contributed by atoms with Gasteiger partial charge in [0.1, 0.15) is 12.9 Å². The van der Waals surface area contributed by atoms with Crippen molar-refractivity contribution in [3.63, 3.8) is 0 Å². The first-order chi connectivity index (χ1) is 14.5. The van der Waals surface area contributed by atoms with Gasteiger partial charge < -0.3 is 14.8 Å². The number of fused-ring (bicyclic) bond motifs is 3. The van der Waals surface area contributed by atoms with Gasteiger partial charge in [-0.15, -0.1) is 5.10 Å². The van der Waals surface area contributed by atoms with Crippen LogP contribution < -0.4 is 20.5 Å². The molecule has 0 aliphatic rings. The maximum absolute atomic E-state index is 12.6. The second-order valence-electron chi connectivity index (χ2n) is 6.47. The normalized spacial score (nSPS) is 11.0. The van der Waals surface area contributed by atoms with Crippen LogP contribution in [0.2, 0.25) is 5.02 Å². The summed E-state index contributed by atoms with van der Waals surface area (Å²) in [6.45, 7) is -0.0216. The number of nitrogens with zero attached hydrogens (tertiary/aromatic N) is 4. The first-order valence-corrected chi connectivity index (χ1v) is 9.39. The van der Waals surface area contributed by atoms with Gasteiger partial charge >= 0.3 is 5.69 Å². The summed E-state index contributed by atoms with van der Waals surface area (Å²) in [7, 11) is 3.08. The standard InChI is InChI=1S/C20H18ClN5O4/c1-29-16-5-3-4-12(18(16)30-2)9-22-17(27)10-26-20(28)25-11-23-15-8-13(21)6-7-14(15)19(25)24-26/h3-8,11H,9-10H2,1-2H3,(H,22,27). The molecule has 0 radical (unpaired) electrons. The van der Waals surface area contributed by atoms with Crippen LogP contribution in [0.5, 0.6) is 11.5 Å². The summed E-state index contributed by atoms with van der Waals surface area (Å²) in [4.78, 5) is 29.3. The Labute approximate surface area is 175 Å². The number of methoxy groups -OCH3 is 2. The van der Waals surface area contributed by atoms with E-state index in [4.69, 9.17) is 21.1 Å². The van der Waals surface area contributed by atoms with Gasteiger partial charge in [-0.1, -0.05) is 23.7 Å². The Morgan fingerprint density at radius 1 is 1.20 bits per heavy atom. The van der Waals surface area contributed by atoms with Gasteiger partial charge in [0.15, 0.2) is 17.1 Å². The zero-order valence-electron chi connectivity index (χ0n) is 16.3. The number of amides is 1. The minimum Gasteiger partial charge on any atom is -0.493 e. The topological polar surface area (TPSA) is 99.7 Å². The number of hydrogen-bond acceptors (Lipinski definition) is 6. The minimum absolute atomic E-state index is 0.213. The Bertz CT molecular complexity index is 1310. The van der Waals surface area contributed by atoms with Gasteiger partial charge in [-0.05, 0) is 24.3 Å². The fourth-order valence-corrected chi connectivity index (χ4v) is 3.38. The van der Waals surface area contributed by atoms with E-state index < -0.39 is 5.69 Å². The van der Waals surface area contributed by atoms with Crippen LogP contribution in [-0.2, 0) is 17.9 Å². The smallest absolute Gasteiger partial charge is 0.352 e. The number of hydrogen-bond donors (Lipinski definition) is 1. The number of halogens is 1. The third-order valence-corrected chi connectivity index (χ3v) is 4.87. The van der Waals surface area contributed by atoms with Crippen molar-refractivity contribution in [1.82, 2.24) is 24.5 Å². The Kier molecular flexibility index (Phi) is 5.28. The van der Waals surface area contributed by atoms with E-state index in [2.05, 4.69) is 15.4 Å². The Hall–Kier alpha value is -3.59. The van der Waals surface area contributed by atoms with Crippen LogP contribution in [-0.4, -0.2) is 39.3 Å². The molecule has 2 aromatic carbocycles. The van der Waals surface area contributed by atoms with Gasteiger partial charge in [0.05, 0.1) is 19.7 Å². The van der Waals surface area contributed by atoms with Crippen molar-refractivity contribution in [1.29, 1.82) is 0 Å². The third-order valence-electron chi connectivity index (χ3n) is 4.64. The van der Waals surface area contributed by atoms with Crippen LogP contribution in [0.4, 0.5) is 0 Å². The molecule has 0 saturated heterocycles. The minimum atomic E-state index is -0.455. The molecule has 0 atom stereocenters. The largest absolute Gasteiger partial charge is 0.493 e. The molecule has 10 heteroatoms. The predicted molar refractivity (Wildman–Crippen MR) is 111 cm³/mol. The molecule has 0 aliphatic carbocycles. The van der Waals surface area contributed by atoms with E-state index in [1.54, 1.807) is 37.4 Å². The summed E-state index contributed by atoms with van der Waals surface area (Å²) in [6, 6.07) is 10.5. The zero-order valence-corrected chi connectivity index (χ0v) is 17.0. The maximum atomic E-state index is 12.6. The number of carbonyl (C=O) groups excluding carboxylic acids is 1. The molecule has 4 rings (SSSR count). The quantitative estimate of drug-likeness (QED) is 0.505. The average molecular weight is 428 g/mol. The molecule has 2 heterocycles. The van der Waals surface area contributed by atoms with Crippen LogP contribution in [0.15, 0.2) is 47.5 Å². The van der Waals surface area contributed by atoms with Gasteiger partial charge in [0, 0.05) is 22.5 Å². The van der Waals surface area contributed by atoms with E-state index in [1.165, 1.54) is 17.8 Å². The summed E-state index contributed by atoms with van der Waals surface area (Å²) < 4.78 is 13.0. The predicted octanol–water partition coefficient (Wildman–Crippen LogP) is 2.03. The highest BCUT2D eigenvalue weighted by atomic mass is 35.5. The molecule has 0 bridgehead atoms. The van der Waals surface area contributed by atoms with Crippen LogP contribution in [0.1, 0.15) is 5.56 Å². The summed E-state index contributed by atoms with van der Waals surface area (Å²) in [5.41, 5.74) is 1.31. The lowest BCUT2D eigenvalue weighted by atomic mass is 10.2. The lowest BCUT2D eigenvalue weighted by molar-refractivity contribution is -0.122. The fourth-order valence-electron chi connectivity index (χ4n) is 3.21. The van der Waals surface area contributed by atoms with E-state index in [-0.39, 0.29) is 19.0 Å². The molecule has 0 saturated carbocycles. The van der Waals surface area contributed by atoms with Gasteiger partial charge in [-0.3, -0.25) is 4.79 Å². The van der Waals surface area contributed by atoms with Crippen LogP contribution >= 0.6 is 11.6 Å². The highest BCUT2D eigenvalue weighted by Gasteiger charge is 2.15. The van der Waals surface area contributed by atoms with E-state index in [9.17, 15) is 9.59 Å². The number of rotatable bonds is 6. The van der Waals surface area contributed by atoms with Crippen molar-refractivity contribution in [2.75, 3.05) is 14.2 Å². The second-order valence-corrected chi connectivity index (χ2v) is 6.91. The SMILES string of the molecule is COc1cccc(CNC(=O)Cn2nc3c4ccc(Cl)cc4ncn3c2=O)c1OC. The van der Waals surface area contributed by atoms with Crippen molar-refractivity contribution < 1.29 is 14.3 Å². The summed E-state index contributed by atoms with van der Waals surface area (Å²) in [6.07, 6.45) is 1.37. The fraction of sp³-hybridized carbons (Fsp3) is 0.200. The van der Waals surface area contributed by atoms with Crippen molar-refractivity contribution >= 4 is 34.1 Å². The summed E-state index contributed by atoms with van der Waals surface area (Å²) >= 11 is 6.00. The van der Waals surface area contributed by atoms with Gasteiger partial charge in [-0.25, -0.2) is 18.9 Å². The van der Waals surface area contributed by atoms with Gasteiger partial charge in [-0.2, -0.15) is 0 Å². The Morgan fingerprint density at radius 2 is 2.03 bits per heavy atom. The van der Waals surface area contributed by atoms with E-state index in [0.717, 1.165) is 10.2 Å². The van der Waals surface area contributed by atoms with Crippen molar-refractivity contribution in [3.05, 3.63) is 63.8 Å². The van der Waals surface area contributed by atoms with Crippen molar-refractivity contribution in [2.45, 2.75) is 13.1 Å². The number of aromatic nitrogens is 4. The molecule has 1 N–H and O–H groups in total. The first kappa shape index (κ1) is 19.7. The van der Waals surface area contributed by atoms with Crippen LogP contribution in [0.3, 0.4) is 0 Å². The average Bonchev–Trinajstić information content (AvgIpc) is 3.07. The Balaban J connectivity index is 1.56. The van der Waals surface area contributed by atoms with E-state index in [1.807, 2.05) is 6.07 Å². The molecule has 2 aromatic heterocycles. The third kappa shape index (κ3) is 3.55. The zero-order chi connectivity index (χ0) is 21.3. The molecule has 30 heavy (non-hydrogen) atoms. The number of para-hydroxylation sites is 1. The highest BCUT2D eigenvalue weighted by molar-refractivity contribution is 6.31. The number of nitrogens with one attached hydrogen (secondary N) is 1. The Morgan fingerprint density at radius 3 is 2.80 bits per heavy atom. The molecular formula is C20H18ClN5O4. The van der Waals surface area contributed by atoms with Crippen molar-refractivity contribution in [3.8, 4) is 11.5 Å². The molecule has 4 aromatic rings. The number of ether oxygens (including phenoxy) is 2. The molecule has 0 aliphatic heterocycles. The van der Waals surface area contributed by atoms with Crippen LogP contribution in [0.25, 0.3) is 16.6 Å². The molecular weight excluding hydrogens is 410 g/mol. The molecule has 9 nitrogen and oxygen atoms in total. The summed E-state index contributed by atoms with van der Waals surface area (Å²) in [5, 5.41) is 8.28. The summed E-state index contributed by atoms with van der Waals surface area (Å²) in [5.74, 6) is 0.743. The first-order valence-electron chi connectivity index (χ1n) is 9.02. The molecule has 1 amide bonds. The van der Waals surface area contributed by atoms with Crippen LogP contribution in [0, 0.1) is 0 Å². The van der Waals surface area contributed by atoms with Crippen molar-refractivity contribution in [2.24, 2.45) is 0 Å². The molecule has 0 unspecified atom stereocenters. The number of benzene rings is 2. The second kappa shape index (κ2) is 8.03. The molecule has 0 spiro atoms. The van der Waals surface area contributed by atoms with E-state index >= 15 is 0 Å². The number of carbonyl (C=O) groups is 1. The molecule has 154 valence electrons. The maximum Gasteiger partial charge on any atom is 0.352 e. The lowest BCUT2D eigenvalue weighted by Crippen LogP contribution is -2.32. The van der Waals surface area contributed by atoms with Gasteiger partial charge in [0.25, 0.3) is 0 Å². The van der Waals surface area contributed by atoms with E-state index in [0.29, 0.717) is 33.1 Å². The molecule has 0 fully saturated rings. The monoisotopic (exact) mass is 427 g/mol. The lowest BCUT2D eigenvalue weighted by Gasteiger charge is -2.13.